The molecule has 21 heavy (non-hydrogen) atoms. The summed E-state index contributed by atoms with van der Waals surface area (Å²) in [6.45, 7) is 0. The largest absolute Gasteiger partial charge is 0.271 e. The minimum absolute atomic E-state index is 0.258. The highest BCUT2D eigenvalue weighted by Crippen LogP contribution is 2.13. The van der Waals surface area contributed by atoms with Gasteiger partial charge in [-0.05, 0) is 42.0 Å². The van der Waals surface area contributed by atoms with Crippen LogP contribution in [0, 0.1) is 0 Å². The summed E-state index contributed by atoms with van der Waals surface area (Å²) in [5.74, 6) is -0.258. The van der Waals surface area contributed by atoms with E-state index in [1.807, 2.05) is 18.2 Å². The van der Waals surface area contributed by atoms with Crippen LogP contribution in [0.4, 0.5) is 0 Å². The molecule has 0 aliphatic rings. The van der Waals surface area contributed by atoms with Crippen LogP contribution in [0.15, 0.2) is 66.2 Å². The lowest BCUT2D eigenvalue weighted by atomic mass is 10.1. The van der Waals surface area contributed by atoms with E-state index in [1.165, 1.54) is 0 Å². The molecule has 0 aliphatic heterocycles. The van der Waals surface area contributed by atoms with Crippen LogP contribution in [0.1, 0.15) is 15.9 Å². The van der Waals surface area contributed by atoms with Crippen LogP contribution in [0.3, 0.4) is 0 Å². The molecule has 0 saturated carbocycles. The predicted octanol–water partition coefficient (Wildman–Crippen LogP) is 2.39. The first kappa shape index (κ1) is 12.9. The highest BCUT2D eigenvalue weighted by molar-refractivity contribution is 5.98. The number of rotatable bonds is 3. The van der Waals surface area contributed by atoms with Crippen molar-refractivity contribution in [2.45, 2.75) is 0 Å². The van der Waals surface area contributed by atoms with Gasteiger partial charge in [-0.1, -0.05) is 6.07 Å². The Morgan fingerprint density at radius 2 is 1.95 bits per heavy atom. The lowest BCUT2D eigenvalue weighted by molar-refractivity contribution is 0.0955. The van der Waals surface area contributed by atoms with Gasteiger partial charge in [-0.3, -0.25) is 14.8 Å². The maximum atomic E-state index is 12.0. The number of carbonyl (C=O) groups is 1. The fraction of sp³-hybridized carbons (Fsp3) is 0. The van der Waals surface area contributed by atoms with Gasteiger partial charge in [0.1, 0.15) is 0 Å². The zero-order valence-electron chi connectivity index (χ0n) is 11.1. The van der Waals surface area contributed by atoms with E-state index < -0.39 is 0 Å². The summed E-state index contributed by atoms with van der Waals surface area (Å²) in [5.41, 5.74) is 4.77. The molecule has 102 valence electrons. The second-order valence-corrected chi connectivity index (χ2v) is 4.39. The van der Waals surface area contributed by atoms with Gasteiger partial charge in [0.05, 0.1) is 11.7 Å². The summed E-state index contributed by atoms with van der Waals surface area (Å²) in [5, 5.41) is 4.85. The minimum Gasteiger partial charge on any atom is -0.267 e. The van der Waals surface area contributed by atoms with E-state index in [4.69, 9.17) is 0 Å². The number of carbonyl (C=O) groups excluding carboxylic acids is 1. The Morgan fingerprint density at radius 1 is 1.10 bits per heavy atom. The van der Waals surface area contributed by atoms with Crippen molar-refractivity contribution in [1.29, 1.82) is 0 Å². The zero-order valence-corrected chi connectivity index (χ0v) is 11.1. The van der Waals surface area contributed by atoms with E-state index >= 15 is 0 Å². The van der Waals surface area contributed by atoms with Crippen molar-refractivity contribution in [2.75, 3.05) is 0 Å². The van der Waals surface area contributed by atoms with Gasteiger partial charge in [-0.15, -0.1) is 0 Å². The van der Waals surface area contributed by atoms with Gasteiger partial charge in [-0.25, -0.2) is 5.43 Å². The van der Waals surface area contributed by atoms with Crippen molar-refractivity contribution in [3.63, 3.8) is 0 Å². The van der Waals surface area contributed by atoms with Crippen LogP contribution in [0.25, 0.3) is 10.9 Å². The van der Waals surface area contributed by atoms with Crippen molar-refractivity contribution >= 4 is 23.0 Å². The fourth-order valence-corrected chi connectivity index (χ4v) is 1.90. The van der Waals surface area contributed by atoms with Gasteiger partial charge < -0.3 is 0 Å². The first-order chi connectivity index (χ1) is 10.3. The number of nitrogens with one attached hydrogen (secondary N) is 1. The molecular weight excluding hydrogens is 264 g/mol. The van der Waals surface area contributed by atoms with Crippen LogP contribution in [0.2, 0.25) is 0 Å². The summed E-state index contributed by atoms with van der Waals surface area (Å²) in [6, 6.07) is 12.7. The summed E-state index contributed by atoms with van der Waals surface area (Å²) in [6.07, 6.45) is 6.63. The number of hydrogen-bond acceptors (Lipinski definition) is 4. The molecule has 1 N–H and O–H groups in total. The van der Waals surface area contributed by atoms with Crippen molar-refractivity contribution in [3.8, 4) is 0 Å². The number of benzene rings is 1. The number of amides is 1. The smallest absolute Gasteiger partial charge is 0.267 e. The van der Waals surface area contributed by atoms with Crippen molar-refractivity contribution in [3.05, 3.63) is 72.2 Å². The molecule has 0 radical (unpaired) electrons. The molecule has 0 fully saturated rings. The topological polar surface area (TPSA) is 67.2 Å². The van der Waals surface area contributed by atoms with E-state index in [0.29, 0.717) is 5.56 Å². The van der Waals surface area contributed by atoms with E-state index in [9.17, 15) is 4.79 Å². The van der Waals surface area contributed by atoms with Crippen LogP contribution in [-0.2, 0) is 0 Å². The molecule has 3 aromatic rings. The molecule has 3 rings (SSSR count). The average Bonchev–Trinajstić information content (AvgIpc) is 2.55. The Balaban J connectivity index is 1.73. The molecule has 0 spiro atoms. The Bertz CT molecular complexity index is 799. The molecular formula is C16H12N4O. The number of hydrazone groups is 1. The summed E-state index contributed by atoms with van der Waals surface area (Å²) in [7, 11) is 0. The third kappa shape index (κ3) is 3.09. The molecule has 5 nitrogen and oxygen atoms in total. The van der Waals surface area contributed by atoms with E-state index in [-0.39, 0.29) is 5.91 Å². The van der Waals surface area contributed by atoms with Crippen LogP contribution >= 0.6 is 0 Å². The van der Waals surface area contributed by atoms with E-state index in [1.54, 1.807) is 49.1 Å². The first-order valence-corrected chi connectivity index (χ1v) is 6.41. The number of aromatic nitrogens is 2. The molecule has 1 aromatic carbocycles. The van der Waals surface area contributed by atoms with Gasteiger partial charge in [-0.2, -0.15) is 5.10 Å². The zero-order chi connectivity index (χ0) is 14.5. The van der Waals surface area contributed by atoms with Crippen molar-refractivity contribution in [2.24, 2.45) is 5.10 Å². The van der Waals surface area contributed by atoms with Gasteiger partial charge in [0, 0.05) is 29.5 Å². The maximum Gasteiger partial charge on any atom is 0.271 e. The molecule has 1 amide bonds. The van der Waals surface area contributed by atoms with E-state index in [2.05, 4.69) is 20.5 Å². The van der Waals surface area contributed by atoms with Crippen molar-refractivity contribution < 1.29 is 4.79 Å². The molecule has 0 unspecified atom stereocenters. The Morgan fingerprint density at radius 3 is 2.81 bits per heavy atom. The van der Waals surface area contributed by atoms with E-state index in [0.717, 1.165) is 16.5 Å². The normalized spacial score (nSPS) is 10.9. The third-order valence-electron chi connectivity index (χ3n) is 2.95. The quantitative estimate of drug-likeness (QED) is 0.590. The highest BCUT2D eigenvalue weighted by atomic mass is 16.2. The molecule has 0 saturated heterocycles. The number of fused-ring (bicyclic) bond motifs is 1. The Labute approximate surface area is 121 Å². The summed E-state index contributed by atoms with van der Waals surface area (Å²) >= 11 is 0. The molecule has 0 aliphatic carbocycles. The standard InChI is InChI=1S/C16H12N4O/c21-16(20-19-11-12-5-8-17-9-6-12)14-3-4-15-13(10-14)2-1-7-18-15/h1-11H,(H,20,21)/b19-11-. The molecule has 5 heteroatoms. The lowest BCUT2D eigenvalue weighted by Crippen LogP contribution is -2.17. The van der Waals surface area contributed by atoms with Gasteiger partial charge in [0.25, 0.3) is 5.91 Å². The molecule has 0 atom stereocenters. The molecule has 0 bridgehead atoms. The first-order valence-electron chi connectivity index (χ1n) is 6.41. The number of pyridine rings is 2. The highest BCUT2D eigenvalue weighted by Gasteiger charge is 2.05. The maximum absolute atomic E-state index is 12.0. The van der Waals surface area contributed by atoms with Crippen LogP contribution in [0.5, 0.6) is 0 Å². The SMILES string of the molecule is O=C(N/N=C\c1ccncc1)c1ccc2ncccc2c1. The Kier molecular flexibility index (Phi) is 3.64. The van der Waals surface area contributed by atoms with Crippen LogP contribution < -0.4 is 5.43 Å². The Hall–Kier alpha value is -3.08. The summed E-state index contributed by atoms with van der Waals surface area (Å²) in [4.78, 5) is 20.1. The predicted molar refractivity (Wildman–Crippen MR) is 81.0 cm³/mol. The lowest BCUT2D eigenvalue weighted by Gasteiger charge is -2.02. The van der Waals surface area contributed by atoms with Gasteiger partial charge in [0.15, 0.2) is 0 Å². The number of hydrogen-bond donors (Lipinski definition) is 1. The fourth-order valence-electron chi connectivity index (χ4n) is 1.90. The third-order valence-corrected chi connectivity index (χ3v) is 2.95. The molecule has 2 aromatic heterocycles. The van der Waals surface area contributed by atoms with Gasteiger partial charge in [0.2, 0.25) is 0 Å². The monoisotopic (exact) mass is 276 g/mol. The average molecular weight is 276 g/mol. The van der Waals surface area contributed by atoms with Gasteiger partial charge >= 0.3 is 0 Å². The summed E-state index contributed by atoms with van der Waals surface area (Å²) < 4.78 is 0. The second kappa shape index (κ2) is 5.92. The van der Waals surface area contributed by atoms with Crippen molar-refractivity contribution in [1.82, 2.24) is 15.4 Å². The van der Waals surface area contributed by atoms with Crippen LogP contribution in [-0.4, -0.2) is 22.1 Å². The minimum atomic E-state index is -0.258. The number of nitrogens with zero attached hydrogens (tertiary/aromatic N) is 3. The second-order valence-electron chi connectivity index (χ2n) is 4.39. The molecule has 2 heterocycles.